The van der Waals surface area contributed by atoms with Crippen molar-refractivity contribution in [1.29, 1.82) is 0 Å². The normalized spacial score (nSPS) is 12.4. The summed E-state index contributed by atoms with van der Waals surface area (Å²) in [6.07, 6.45) is 14.1. The molecular formula is C33H53N3O4S. The van der Waals surface area contributed by atoms with Crippen LogP contribution in [0.1, 0.15) is 82.8 Å². The second-order valence-corrected chi connectivity index (χ2v) is 10.7. The van der Waals surface area contributed by atoms with Gasteiger partial charge in [-0.2, -0.15) is 0 Å². The standard InChI is InChI=1S/C20H30N2O3S.C6H7N.C5H10.C2H6O/c1-3-5-6-7-14-22(15-9-13-21-20(24)25)26-18-12-8-11-17(16-18)19(23)10-4-2;7-6-4-2-1-3-5-6;1-2-4-5-3-1;1-2-3/h3-4,8,11-12,16,19,21,23H,1-2,5-7,9-10,13-15H2,(H,24,25);1-5H,7H2;1-5H2;3H,2H2,1H3. The first-order valence-electron chi connectivity index (χ1n) is 14.7. The van der Waals surface area contributed by atoms with E-state index in [1.807, 2.05) is 60.7 Å². The molecule has 41 heavy (non-hydrogen) atoms. The highest BCUT2D eigenvalue weighted by molar-refractivity contribution is 7.97. The molecule has 3 rings (SSSR count). The van der Waals surface area contributed by atoms with Crippen molar-refractivity contribution < 1.29 is 20.1 Å². The Kier molecular flexibility index (Phi) is 25.5. The Morgan fingerprint density at radius 3 is 2.12 bits per heavy atom. The lowest BCUT2D eigenvalue weighted by atomic mass is 10.1. The Labute approximate surface area is 252 Å². The molecule has 0 heterocycles. The minimum atomic E-state index is -0.987. The van der Waals surface area contributed by atoms with E-state index in [-0.39, 0.29) is 6.61 Å². The van der Waals surface area contributed by atoms with Crippen LogP contribution in [-0.4, -0.2) is 52.0 Å². The SMILES string of the molecule is C1CCCC1.C=CCCCCN(CCCNC(=O)O)Sc1cccc(C(O)CC=C)c1.CCO.Nc1ccccc1. The number of nitrogens with two attached hydrogens (primary N) is 1. The number of nitrogens with one attached hydrogen (secondary N) is 1. The Hall–Kier alpha value is -2.78. The predicted octanol–water partition coefficient (Wildman–Crippen LogP) is 7.84. The quantitative estimate of drug-likeness (QED) is 0.0661. The van der Waals surface area contributed by atoms with Crippen LogP contribution in [0.5, 0.6) is 0 Å². The van der Waals surface area contributed by atoms with Crippen LogP contribution >= 0.6 is 11.9 Å². The van der Waals surface area contributed by atoms with Gasteiger partial charge in [0.15, 0.2) is 0 Å². The molecule has 2 aromatic rings. The molecule has 1 saturated carbocycles. The summed E-state index contributed by atoms with van der Waals surface area (Å²) in [5.74, 6) is 0. The van der Waals surface area contributed by atoms with Gasteiger partial charge in [-0.15, -0.1) is 13.2 Å². The van der Waals surface area contributed by atoms with E-state index in [9.17, 15) is 9.90 Å². The zero-order chi connectivity index (χ0) is 30.6. The number of aliphatic hydroxyl groups is 2. The van der Waals surface area contributed by atoms with Gasteiger partial charge in [-0.25, -0.2) is 9.10 Å². The fourth-order valence-corrected chi connectivity index (χ4v) is 4.86. The maximum absolute atomic E-state index is 10.6. The molecule has 2 aromatic carbocycles. The molecule has 6 N–H and O–H groups in total. The zero-order valence-corrected chi connectivity index (χ0v) is 25.7. The van der Waals surface area contributed by atoms with E-state index in [0.717, 1.165) is 54.9 Å². The number of carboxylic acid groups (broad SMARTS) is 1. The maximum atomic E-state index is 10.6. The number of allylic oxidation sites excluding steroid dienone is 1. The van der Waals surface area contributed by atoms with E-state index in [1.165, 1.54) is 32.1 Å². The number of nitrogens with zero attached hydrogens (tertiary/aromatic N) is 1. The summed E-state index contributed by atoms with van der Waals surface area (Å²) >= 11 is 1.65. The number of carbonyl (C=O) groups is 1. The van der Waals surface area contributed by atoms with Gasteiger partial charge in [-0.05, 0) is 80.8 Å². The van der Waals surface area contributed by atoms with Gasteiger partial charge in [0.05, 0.1) is 6.10 Å². The van der Waals surface area contributed by atoms with Crippen molar-refractivity contribution in [1.82, 2.24) is 9.62 Å². The van der Waals surface area contributed by atoms with Crippen molar-refractivity contribution in [2.24, 2.45) is 0 Å². The first-order valence-corrected chi connectivity index (χ1v) is 15.5. The molecule has 1 amide bonds. The van der Waals surface area contributed by atoms with Gasteiger partial charge < -0.3 is 26.4 Å². The molecule has 8 heteroatoms. The number of aliphatic hydroxyl groups excluding tert-OH is 2. The largest absolute Gasteiger partial charge is 0.465 e. The summed E-state index contributed by atoms with van der Waals surface area (Å²) in [5, 5.41) is 28.8. The topological polar surface area (TPSA) is 119 Å². The summed E-state index contributed by atoms with van der Waals surface area (Å²) < 4.78 is 2.26. The monoisotopic (exact) mass is 587 g/mol. The van der Waals surface area contributed by atoms with Crippen molar-refractivity contribution in [3.63, 3.8) is 0 Å². The van der Waals surface area contributed by atoms with E-state index >= 15 is 0 Å². The first-order chi connectivity index (χ1) is 19.9. The van der Waals surface area contributed by atoms with Crippen LogP contribution in [0.15, 0.2) is 84.8 Å². The van der Waals surface area contributed by atoms with Crippen molar-refractivity contribution in [2.45, 2.75) is 82.1 Å². The van der Waals surface area contributed by atoms with Gasteiger partial charge in [0.1, 0.15) is 0 Å². The molecule has 1 aliphatic rings. The lowest BCUT2D eigenvalue weighted by Gasteiger charge is -2.21. The van der Waals surface area contributed by atoms with Gasteiger partial charge in [-0.3, -0.25) is 0 Å². The zero-order valence-electron chi connectivity index (χ0n) is 24.9. The van der Waals surface area contributed by atoms with Gasteiger partial charge >= 0.3 is 6.09 Å². The number of rotatable bonds is 14. The minimum Gasteiger partial charge on any atom is -0.465 e. The van der Waals surface area contributed by atoms with Crippen LogP contribution in [0.4, 0.5) is 10.5 Å². The van der Waals surface area contributed by atoms with Gasteiger partial charge in [-0.1, -0.05) is 74.6 Å². The minimum absolute atomic E-state index is 0.250. The summed E-state index contributed by atoms with van der Waals surface area (Å²) in [7, 11) is 0. The third kappa shape index (κ3) is 23.6. The average molecular weight is 588 g/mol. The number of hydrogen-bond donors (Lipinski definition) is 5. The van der Waals surface area contributed by atoms with Crippen LogP contribution in [-0.2, 0) is 0 Å². The molecule has 0 bridgehead atoms. The Balaban J connectivity index is 0.000000852. The highest BCUT2D eigenvalue weighted by atomic mass is 32.2. The lowest BCUT2D eigenvalue weighted by Crippen LogP contribution is -2.26. The highest BCUT2D eigenvalue weighted by Crippen LogP contribution is 2.27. The van der Waals surface area contributed by atoms with E-state index in [1.54, 1.807) is 24.9 Å². The third-order valence-corrected chi connectivity index (χ3v) is 6.93. The van der Waals surface area contributed by atoms with Crippen LogP contribution in [0.2, 0.25) is 0 Å². The summed E-state index contributed by atoms with van der Waals surface area (Å²) in [6, 6.07) is 17.4. The van der Waals surface area contributed by atoms with Crippen LogP contribution in [0.25, 0.3) is 0 Å². The molecule has 1 aliphatic carbocycles. The van der Waals surface area contributed by atoms with Gasteiger partial charge in [0.25, 0.3) is 0 Å². The second-order valence-electron chi connectivity index (χ2n) is 9.50. The fraction of sp³-hybridized carbons (Fsp3) is 0.485. The first kappa shape index (κ1) is 38.2. The van der Waals surface area contributed by atoms with Crippen molar-refractivity contribution in [3.05, 3.63) is 85.5 Å². The summed E-state index contributed by atoms with van der Waals surface area (Å²) in [4.78, 5) is 11.6. The van der Waals surface area contributed by atoms with Gasteiger partial charge in [0.2, 0.25) is 0 Å². The van der Waals surface area contributed by atoms with Crippen LogP contribution in [0.3, 0.4) is 0 Å². The summed E-state index contributed by atoms with van der Waals surface area (Å²) in [6.45, 7) is 11.5. The van der Waals surface area contributed by atoms with E-state index in [2.05, 4.69) is 22.8 Å². The number of para-hydroxylation sites is 1. The predicted molar refractivity (Wildman–Crippen MR) is 175 cm³/mol. The molecule has 0 aliphatic heterocycles. The molecule has 0 spiro atoms. The second kappa shape index (κ2) is 27.4. The Morgan fingerprint density at radius 2 is 1.61 bits per heavy atom. The van der Waals surface area contributed by atoms with Crippen molar-refractivity contribution >= 4 is 23.7 Å². The number of benzene rings is 2. The molecule has 7 nitrogen and oxygen atoms in total. The molecular weight excluding hydrogens is 534 g/mol. The molecule has 0 aromatic heterocycles. The number of hydrogen-bond acceptors (Lipinski definition) is 6. The number of amides is 1. The highest BCUT2D eigenvalue weighted by Gasteiger charge is 2.10. The Morgan fingerprint density at radius 1 is 1.00 bits per heavy atom. The molecule has 0 saturated heterocycles. The molecule has 0 radical (unpaired) electrons. The van der Waals surface area contributed by atoms with Crippen molar-refractivity contribution in [3.8, 4) is 0 Å². The molecule has 230 valence electrons. The fourth-order valence-electron chi connectivity index (χ4n) is 3.79. The van der Waals surface area contributed by atoms with E-state index in [4.69, 9.17) is 15.9 Å². The Bertz CT molecular complexity index is 903. The van der Waals surface area contributed by atoms with E-state index in [0.29, 0.717) is 13.0 Å². The lowest BCUT2D eigenvalue weighted by molar-refractivity contribution is 0.181. The van der Waals surface area contributed by atoms with Gasteiger partial charge in [0, 0.05) is 36.8 Å². The van der Waals surface area contributed by atoms with E-state index < -0.39 is 12.2 Å². The molecule has 1 atom stereocenters. The van der Waals surface area contributed by atoms with Crippen LogP contribution in [0, 0.1) is 0 Å². The average Bonchev–Trinajstić information content (AvgIpc) is 3.55. The van der Waals surface area contributed by atoms with Crippen LogP contribution < -0.4 is 11.1 Å². The number of unbranched alkanes of at least 4 members (excludes halogenated alkanes) is 2. The number of nitrogen functional groups attached to an aromatic ring is 1. The molecule has 1 fully saturated rings. The summed E-state index contributed by atoms with van der Waals surface area (Å²) in [5.41, 5.74) is 7.06. The number of anilines is 1. The maximum Gasteiger partial charge on any atom is 0.404 e. The third-order valence-electron chi connectivity index (χ3n) is 5.84. The molecule has 1 unspecified atom stereocenters. The van der Waals surface area contributed by atoms with Crippen molar-refractivity contribution in [2.75, 3.05) is 32.0 Å². The smallest absolute Gasteiger partial charge is 0.404 e.